The van der Waals surface area contributed by atoms with Crippen LogP contribution in [0, 0.1) is 0 Å². The third kappa shape index (κ3) is 5.28. The van der Waals surface area contributed by atoms with Crippen molar-refractivity contribution in [2.24, 2.45) is 0 Å². The van der Waals surface area contributed by atoms with Gasteiger partial charge in [-0.1, -0.05) is 35.0 Å². The van der Waals surface area contributed by atoms with Gasteiger partial charge in [-0.25, -0.2) is 0 Å². The predicted octanol–water partition coefficient (Wildman–Crippen LogP) is 3.30. The van der Waals surface area contributed by atoms with Gasteiger partial charge in [-0.3, -0.25) is 9.59 Å². The summed E-state index contributed by atoms with van der Waals surface area (Å²) in [7, 11) is 0. The largest absolute Gasteiger partial charge is 0.332 e. The number of halogens is 1. The van der Waals surface area contributed by atoms with Crippen LogP contribution in [0.25, 0.3) is 0 Å². The van der Waals surface area contributed by atoms with Gasteiger partial charge in [0.25, 0.3) is 5.91 Å². The number of ketones is 1. The molecule has 1 atom stereocenters. The molecule has 3 N–H and O–H groups in total. The molecule has 126 valence electrons. The molecule has 2 aromatic carbocycles. The number of amides is 1. The molecule has 0 saturated heterocycles. The molecule has 2 rings (SSSR count). The molecule has 0 heterocycles. The number of benzene rings is 2. The van der Waals surface area contributed by atoms with Crippen LogP contribution in [0.3, 0.4) is 0 Å². The Morgan fingerprint density at radius 3 is 2.25 bits per heavy atom. The van der Waals surface area contributed by atoms with Gasteiger partial charge < -0.3 is 10.6 Å². The van der Waals surface area contributed by atoms with E-state index in [9.17, 15) is 9.59 Å². The number of carbonyl (C=O) groups excluding carboxylic acids is 2. The molecule has 0 spiro atoms. The summed E-state index contributed by atoms with van der Waals surface area (Å²) < 4.78 is 1.05. The van der Waals surface area contributed by atoms with Crippen LogP contribution < -0.4 is 10.6 Å². The van der Waals surface area contributed by atoms with E-state index in [0.29, 0.717) is 17.8 Å². The van der Waals surface area contributed by atoms with Crippen LogP contribution in [0.2, 0.25) is 0 Å². The Morgan fingerprint density at radius 2 is 1.71 bits per heavy atom. The molecule has 0 aliphatic carbocycles. The number of nitrogens with two attached hydrogens (primary N) is 1. The highest BCUT2D eigenvalue weighted by atomic mass is 79.9. The van der Waals surface area contributed by atoms with E-state index < -0.39 is 0 Å². The van der Waals surface area contributed by atoms with Crippen molar-refractivity contribution >= 4 is 33.3 Å². The van der Waals surface area contributed by atoms with Crippen LogP contribution >= 0.6 is 15.9 Å². The minimum absolute atomic E-state index is 0.0153. The summed E-state index contributed by atoms with van der Waals surface area (Å²) >= 11 is 3.43. The van der Waals surface area contributed by atoms with Gasteiger partial charge in [0.05, 0.1) is 0 Å². The van der Waals surface area contributed by atoms with Gasteiger partial charge in [0.15, 0.2) is 12.3 Å². The first-order valence-electron chi connectivity index (χ1n) is 7.99. The van der Waals surface area contributed by atoms with E-state index in [-0.39, 0.29) is 17.7 Å². The first kappa shape index (κ1) is 18.4. The molecule has 0 saturated carbocycles. The van der Waals surface area contributed by atoms with E-state index in [2.05, 4.69) is 40.3 Å². The highest BCUT2D eigenvalue weighted by Gasteiger charge is 2.14. The van der Waals surface area contributed by atoms with Crippen LogP contribution in [0.15, 0.2) is 53.0 Å². The zero-order chi connectivity index (χ0) is 17.5. The van der Waals surface area contributed by atoms with Crippen molar-refractivity contribution in [1.29, 1.82) is 0 Å². The number of carbonyl (C=O) groups is 2. The fraction of sp³-hybridized carbons (Fsp3) is 0.263. The molecule has 0 fully saturated rings. The van der Waals surface area contributed by atoms with Crippen molar-refractivity contribution in [2.45, 2.75) is 26.3 Å². The molecular formula is C19H22BrN2O2+. The van der Waals surface area contributed by atoms with Gasteiger partial charge in [-0.2, -0.15) is 0 Å². The number of anilines is 1. The quantitative estimate of drug-likeness (QED) is 0.713. The van der Waals surface area contributed by atoms with E-state index in [4.69, 9.17) is 0 Å². The lowest BCUT2D eigenvalue weighted by atomic mass is 10.0. The summed E-state index contributed by atoms with van der Waals surface area (Å²) in [6.07, 6.45) is 0.947. The Hall–Kier alpha value is -1.98. The molecule has 0 aliphatic heterocycles. The van der Waals surface area contributed by atoms with Gasteiger partial charge in [-0.05, 0) is 43.3 Å². The number of hydrogen-bond donors (Lipinski definition) is 2. The first-order chi connectivity index (χ1) is 11.5. The lowest BCUT2D eigenvalue weighted by molar-refractivity contribution is -0.686. The second-order valence-corrected chi connectivity index (χ2v) is 6.60. The lowest BCUT2D eigenvalue weighted by Gasteiger charge is -2.14. The van der Waals surface area contributed by atoms with E-state index in [1.165, 1.54) is 12.5 Å². The molecule has 2 aromatic rings. The molecular weight excluding hydrogens is 368 g/mol. The average molecular weight is 390 g/mol. The Labute approximate surface area is 150 Å². The summed E-state index contributed by atoms with van der Waals surface area (Å²) in [4.78, 5) is 23.4. The first-order valence-corrected chi connectivity index (χ1v) is 8.78. The summed E-state index contributed by atoms with van der Waals surface area (Å²) in [6.45, 7) is 3.99. The van der Waals surface area contributed by atoms with Crippen LogP contribution in [0.5, 0.6) is 0 Å². The molecule has 0 bridgehead atoms. The summed E-state index contributed by atoms with van der Waals surface area (Å²) in [5.74, 6) is -0.0392. The van der Waals surface area contributed by atoms with Crippen molar-refractivity contribution in [3.8, 4) is 0 Å². The number of quaternary nitrogens is 1. The zero-order valence-corrected chi connectivity index (χ0v) is 15.5. The van der Waals surface area contributed by atoms with Crippen LogP contribution in [-0.2, 0) is 4.79 Å². The van der Waals surface area contributed by atoms with E-state index in [1.807, 2.05) is 17.4 Å². The maximum absolute atomic E-state index is 12.1. The Bertz CT molecular complexity index is 696. The fourth-order valence-corrected chi connectivity index (χ4v) is 2.76. The van der Waals surface area contributed by atoms with Crippen LogP contribution in [0.1, 0.15) is 42.2 Å². The molecule has 0 aromatic heterocycles. The number of nitrogens with one attached hydrogen (secondary N) is 1. The number of rotatable bonds is 7. The minimum atomic E-state index is -0.0545. The van der Waals surface area contributed by atoms with Crippen molar-refractivity contribution in [2.75, 3.05) is 11.9 Å². The molecule has 0 unspecified atom stereocenters. The van der Waals surface area contributed by atoms with E-state index in [1.54, 1.807) is 24.3 Å². The van der Waals surface area contributed by atoms with E-state index in [0.717, 1.165) is 10.9 Å². The fourth-order valence-electron chi connectivity index (χ4n) is 2.50. The predicted molar refractivity (Wildman–Crippen MR) is 99.0 cm³/mol. The van der Waals surface area contributed by atoms with Crippen molar-refractivity contribution in [1.82, 2.24) is 0 Å². The second-order valence-electron chi connectivity index (χ2n) is 5.69. The average Bonchev–Trinajstić information content (AvgIpc) is 2.57. The molecule has 5 heteroatoms. The second kappa shape index (κ2) is 8.76. The van der Waals surface area contributed by atoms with Gasteiger partial charge in [0.1, 0.15) is 6.04 Å². The van der Waals surface area contributed by atoms with Gasteiger partial charge >= 0.3 is 0 Å². The summed E-state index contributed by atoms with van der Waals surface area (Å²) in [5, 5.41) is 4.90. The van der Waals surface area contributed by atoms with Gasteiger partial charge in [0.2, 0.25) is 0 Å². The smallest absolute Gasteiger partial charge is 0.279 e. The molecule has 1 amide bonds. The normalized spacial score (nSPS) is 11.8. The van der Waals surface area contributed by atoms with Gasteiger partial charge in [-0.15, -0.1) is 0 Å². The molecule has 0 radical (unpaired) electrons. The SMILES string of the molecule is CC[C@H]([NH2+]CC(=O)Nc1ccc(C(C)=O)cc1)c1ccc(Br)cc1. The minimum Gasteiger partial charge on any atom is -0.332 e. The topological polar surface area (TPSA) is 62.8 Å². The standard InChI is InChI=1S/C19H21BrN2O2/c1-3-18(15-4-8-16(20)9-5-15)21-12-19(24)22-17-10-6-14(7-11-17)13(2)23/h4-11,18,21H,3,12H2,1-2H3,(H,22,24)/p+1/t18-/m0/s1. The number of Topliss-reactive ketones (excluding diaryl/α,β-unsaturated/α-hetero) is 1. The Morgan fingerprint density at radius 1 is 1.08 bits per heavy atom. The summed E-state index contributed by atoms with van der Waals surface area (Å²) in [6, 6.07) is 15.4. The third-order valence-corrected chi connectivity index (χ3v) is 4.43. The maximum Gasteiger partial charge on any atom is 0.279 e. The molecule has 4 nitrogen and oxygen atoms in total. The zero-order valence-electron chi connectivity index (χ0n) is 13.9. The van der Waals surface area contributed by atoms with Crippen LogP contribution in [-0.4, -0.2) is 18.2 Å². The Balaban J connectivity index is 1.89. The monoisotopic (exact) mass is 389 g/mol. The van der Waals surface area contributed by atoms with Crippen molar-refractivity contribution in [3.05, 3.63) is 64.1 Å². The Kier molecular flexibility index (Phi) is 6.70. The summed E-state index contributed by atoms with van der Waals surface area (Å²) in [5.41, 5.74) is 2.55. The molecule has 0 aliphatic rings. The highest BCUT2D eigenvalue weighted by molar-refractivity contribution is 9.10. The van der Waals surface area contributed by atoms with E-state index >= 15 is 0 Å². The highest BCUT2D eigenvalue weighted by Crippen LogP contribution is 2.16. The molecule has 24 heavy (non-hydrogen) atoms. The maximum atomic E-state index is 12.1. The van der Waals surface area contributed by atoms with Crippen LogP contribution in [0.4, 0.5) is 5.69 Å². The van der Waals surface area contributed by atoms with Crippen molar-refractivity contribution in [3.63, 3.8) is 0 Å². The van der Waals surface area contributed by atoms with Crippen molar-refractivity contribution < 1.29 is 14.9 Å². The van der Waals surface area contributed by atoms with Gasteiger partial charge in [0, 0.05) is 27.7 Å². The third-order valence-electron chi connectivity index (χ3n) is 3.90. The lowest BCUT2D eigenvalue weighted by Crippen LogP contribution is -2.87. The number of hydrogen-bond acceptors (Lipinski definition) is 2.